The van der Waals surface area contributed by atoms with Crippen molar-refractivity contribution >= 4 is 32.6 Å². The lowest BCUT2D eigenvalue weighted by Crippen LogP contribution is -2.32. The van der Waals surface area contributed by atoms with Crippen LogP contribution in [0.1, 0.15) is 54.0 Å². The number of benzene rings is 2. The highest BCUT2D eigenvalue weighted by Crippen LogP contribution is 2.34. The Hall–Kier alpha value is -2.99. The average molecular weight is 419 g/mol. The second kappa shape index (κ2) is 8.40. The van der Waals surface area contributed by atoms with Crippen LogP contribution in [0.2, 0.25) is 0 Å². The van der Waals surface area contributed by atoms with E-state index >= 15 is 0 Å². The third kappa shape index (κ3) is 3.87. The van der Waals surface area contributed by atoms with E-state index in [-0.39, 0.29) is 5.91 Å². The first-order valence-electron chi connectivity index (χ1n) is 10.3. The molecule has 30 heavy (non-hydrogen) atoms. The number of nitrogens with zero attached hydrogens (tertiary/aromatic N) is 4. The Labute approximate surface area is 181 Å². The number of aromatic nitrogens is 3. The van der Waals surface area contributed by atoms with E-state index in [0.717, 1.165) is 21.5 Å². The van der Waals surface area contributed by atoms with Crippen molar-refractivity contribution in [3.63, 3.8) is 0 Å². The van der Waals surface area contributed by atoms with Crippen LogP contribution < -0.4 is 4.90 Å². The third-order valence-electron chi connectivity index (χ3n) is 5.14. The molecule has 0 radical (unpaired) electrons. The van der Waals surface area contributed by atoms with Crippen molar-refractivity contribution in [2.45, 2.75) is 46.7 Å². The molecule has 0 unspecified atom stereocenters. The molecule has 0 fully saturated rings. The van der Waals surface area contributed by atoms with Crippen molar-refractivity contribution in [2.75, 3.05) is 4.90 Å². The molecule has 0 N–H and O–H groups in total. The number of rotatable bonds is 6. The number of hydrogen-bond acceptors (Lipinski definition) is 4. The van der Waals surface area contributed by atoms with Gasteiger partial charge in [-0.25, -0.2) is 4.98 Å². The van der Waals surface area contributed by atoms with Crippen LogP contribution in [0, 0.1) is 6.92 Å². The largest absolute Gasteiger partial charge is 0.278 e. The molecule has 5 nitrogen and oxygen atoms in total. The quantitative estimate of drug-likeness (QED) is 0.398. The third-order valence-corrected chi connectivity index (χ3v) is 6.18. The summed E-state index contributed by atoms with van der Waals surface area (Å²) in [5.41, 5.74) is 4.68. The Morgan fingerprint density at radius 2 is 1.90 bits per heavy atom. The van der Waals surface area contributed by atoms with E-state index in [0.29, 0.717) is 29.8 Å². The molecule has 0 aliphatic rings. The predicted octanol–water partition coefficient (Wildman–Crippen LogP) is 5.79. The van der Waals surface area contributed by atoms with Gasteiger partial charge in [0.05, 0.1) is 22.5 Å². The van der Waals surface area contributed by atoms with Gasteiger partial charge in [0.25, 0.3) is 5.91 Å². The summed E-state index contributed by atoms with van der Waals surface area (Å²) >= 11 is 1.56. The van der Waals surface area contributed by atoms with Crippen LogP contribution in [0.5, 0.6) is 0 Å². The number of aryl methyl sites for hydroxylation is 2. The Morgan fingerprint density at radius 1 is 1.13 bits per heavy atom. The fourth-order valence-corrected chi connectivity index (χ4v) is 4.63. The lowest BCUT2D eigenvalue weighted by molar-refractivity contribution is 0.0975. The zero-order valence-corrected chi connectivity index (χ0v) is 18.6. The highest BCUT2D eigenvalue weighted by Gasteiger charge is 2.25. The van der Waals surface area contributed by atoms with Gasteiger partial charge in [-0.15, -0.1) is 0 Å². The van der Waals surface area contributed by atoms with Crippen molar-refractivity contribution in [3.8, 4) is 0 Å². The van der Waals surface area contributed by atoms with Crippen molar-refractivity contribution in [2.24, 2.45) is 0 Å². The summed E-state index contributed by atoms with van der Waals surface area (Å²) in [6.07, 6.45) is 0. The van der Waals surface area contributed by atoms with Gasteiger partial charge in [-0.3, -0.25) is 14.4 Å². The fraction of sp³-hybridized carbons (Fsp3) is 0.292. The first-order chi connectivity index (χ1) is 14.5. The van der Waals surface area contributed by atoms with Gasteiger partial charge in [0, 0.05) is 6.54 Å². The number of carbonyl (C=O) groups is 1. The zero-order chi connectivity index (χ0) is 21.3. The minimum absolute atomic E-state index is 0.0774. The molecule has 1 amide bonds. The maximum absolute atomic E-state index is 13.7. The maximum Gasteiger partial charge on any atom is 0.278 e. The summed E-state index contributed by atoms with van der Waals surface area (Å²) in [4.78, 5) is 20.4. The second-order valence-electron chi connectivity index (χ2n) is 7.71. The Balaban J connectivity index is 1.82. The summed E-state index contributed by atoms with van der Waals surface area (Å²) in [6, 6.07) is 18.2. The number of anilines is 1. The van der Waals surface area contributed by atoms with E-state index in [1.807, 2.05) is 50.2 Å². The molecule has 4 rings (SSSR count). The normalized spacial score (nSPS) is 11.4. The summed E-state index contributed by atoms with van der Waals surface area (Å²) < 4.78 is 2.87. The van der Waals surface area contributed by atoms with E-state index in [1.165, 1.54) is 5.56 Å². The van der Waals surface area contributed by atoms with Crippen LogP contribution in [0.4, 0.5) is 5.13 Å². The number of fused-ring (bicyclic) bond motifs is 1. The fourth-order valence-electron chi connectivity index (χ4n) is 3.63. The van der Waals surface area contributed by atoms with Crippen LogP contribution in [0.15, 0.2) is 54.6 Å². The van der Waals surface area contributed by atoms with Crippen molar-refractivity contribution in [1.29, 1.82) is 0 Å². The van der Waals surface area contributed by atoms with Crippen LogP contribution in [0.3, 0.4) is 0 Å². The summed E-state index contributed by atoms with van der Waals surface area (Å²) in [6.45, 7) is 9.36. The smallest absolute Gasteiger partial charge is 0.278 e. The van der Waals surface area contributed by atoms with Gasteiger partial charge in [-0.05, 0) is 43.0 Å². The summed E-state index contributed by atoms with van der Waals surface area (Å²) in [5, 5.41) is 5.18. The minimum atomic E-state index is -0.0774. The molecule has 154 valence electrons. The summed E-state index contributed by atoms with van der Waals surface area (Å²) in [5.74, 6) is 0.289. The molecule has 0 bridgehead atoms. The summed E-state index contributed by atoms with van der Waals surface area (Å²) in [7, 11) is 0. The van der Waals surface area contributed by atoms with Gasteiger partial charge in [0.2, 0.25) is 0 Å². The lowest BCUT2D eigenvalue weighted by atomic mass is 10.0. The molecule has 2 aromatic heterocycles. The van der Waals surface area contributed by atoms with Crippen LogP contribution in [-0.4, -0.2) is 20.7 Å². The lowest BCUT2D eigenvalue weighted by Gasteiger charge is -2.20. The van der Waals surface area contributed by atoms with Gasteiger partial charge in [-0.1, -0.05) is 67.6 Å². The van der Waals surface area contributed by atoms with E-state index in [4.69, 9.17) is 4.98 Å². The maximum atomic E-state index is 13.7. The number of hydrogen-bond donors (Lipinski definition) is 0. The molecule has 0 saturated heterocycles. The molecule has 6 heteroatoms. The Morgan fingerprint density at radius 3 is 2.60 bits per heavy atom. The van der Waals surface area contributed by atoms with Crippen LogP contribution in [0.25, 0.3) is 10.2 Å². The molecule has 0 aliphatic heterocycles. The molecular formula is C24H26N4OS. The van der Waals surface area contributed by atoms with E-state index < -0.39 is 0 Å². The SMILES string of the molecule is CCn1nc(C)cc1C(=O)N(Cc1ccccc1)c1nc2c(C(C)C)cccc2s1. The predicted molar refractivity (Wildman–Crippen MR) is 123 cm³/mol. The van der Waals surface area contributed by atoms with Gasteiger partial charge in [0.15, 0.2) is 5.13 Å². The van der Waals surface area contributed by atoms with Crippen LogP contribution >= 0.6 is 11.3 Å². The second-order valence-corrected chi connectivity index (χ2v) is 8.72. The molecular weight excluding hydrogens is 392 g/mol. The van der Waals surface area contributed by atoms with Gasteiger partial charge < -0.3 is 0 Å². The molecule has 0 atom stereocenters. The van der Waals surface area contributed by atoms with Crippen molar-refractivity contribution in [3.05, 3.63) is 77.1 Å². The van der Waals surface area contributed by atoms with Gasteiger partial charge in [0.1, 0.15) is 5.69 Å². The highest BCUT2D eigenvalue weighted by atomic mass is 32.1. The van der Waals surface area contributed by atoms with Crippen LogP contribution in [-0.2, 0) is 13.1 Å². The van der Waals surface area contributed by atoms with E-state index in [2.05, 4.69) is 37.1 Å². The molecule has 0 saturated carbocycles. The van der Waals surface area contributed by atoms with Crippen molar-refractivity contribution in [1.82, 2.24) is 14.8 Å². The monoisotopic (exact) mass is 418 g/mol. The minimum Gasteiger partial charge on any atom is -0.278 e. The first kappa shape index (κ1) is 20.3. The standard InChI is InChI=1S/C24H26N4OS/c1-5-28-20(14-17(4)26-28)23(29)27(15-18-10-7-6-8-11-18)24-25-22-19(16(2)3)12-9-13-21(22)30-24/h6-14,16H,5,15H2,1-4H3. The number of thiazole rings is 1. The molecule has 2 aromatic carbocycles. The van der Waals surface area contributed by atoms with E-state index in [1.54, 1.807) is 20.9 Å². The topological polar surface area (TPSA) is 51.0 Å². The zero-order valence-electron chi connectivity index (χ0n) is 17.8. The van der Waals surface area contributed by atoms with Gasteiger partial charge >= 0.3 is 0 Å². The first-order valence-corrected chi connectivity index (χ1v) is 11.1. The Kier molecular flexibility index (Phi) is 5.68. The molecule has 0 spiro atoms. The molecule has 0 aliphatic carbocycles. The van der Waals surface area contributed by atoms with Crippen molar-refractivity contribution < 1.29 is 4.79 Å². The number of para-hydroxylation sites is 1. The highest BCUT2D eigenvalue weighted by molar-refractivity contribution is 7.22. The Bertz CT molecular complexity index is 1180. The average Bonchev–Trinajstić information content (AvgIpc) is 3.35. The number of amides is 1. The van der Waals surface area contributed by atoms with E-state index in [9.17, 15) is 4.79 Å². The molecule has 4 aromatic rings. The molecule has 2 heterocycles. The van der Waals surface area contributed by atoms with Gasteiger partial charge in [-0.2, -0.15) is 5.10 Å². The number of carbonyl (C=O) groups excluding carboxylic acids is 1.